The van der Waals surface area contributed by atoms with Crippen LogP contribution >= 0.6 is 0 Å². The van der Waals surface area contributed by atoms with Crippen LogP contribution < -0.4 is 4.90 Å². The van der Waals surface area contributed by atoms with Crippen molar-refractivity contribution in [1.82, 2.24) is 4.57 Å². The molecular formula is C61H40N2. The normalized spacial score (nSPS) is 14.4. The van der Waals surface area contributed by atoms with Crippen LogP contribution in [0.25, 0.3) is 72.0 Å². The summed E-state index contributed by atoms with van der Waals surface area (Å²) < 4.78 is 2.52. The van der Waals surface area contributed by atoms with E-state index in [9.17, 15) is 0 Å². The Labute approximate surface area is 367 Å². The van der Waals surface area contributed by atoms with E-state index in [0.29, 0.717) is 0 Å². The lowest BCUT2D eigenvalue weighted by molar-refractivity contribution is 0.750. The summed E-state index contributed by atoms with van der Waals surface area (Å²) in [6, 6.07) is 89.4. The summed E-state index contributed by atoms with van der Waals surface area (Å²) in [6.07, 6.45) is 0. The van der Waals surface area contributed by atoms with Gasteiger partial charge in [-0.1, -0.05) is 200 Å². The van der Waals surface area contributed by atoms with Crippen LogP contribution in [0.15, 0.2) is 243 Å². The van der Waals surface area contributed by atoms with E-state index in [1.807, 2.05) is 0 Å². The van der Waals surface area contributed by atoms with E-state index in [0.717, 1.165) is 17.1 Å². The van der Waals surface area contributed by atoms with E-state index in [-0.39, 0.29) is 0 Å². The summed E-state index contributed by atoms with van der Waals surface area (Å²) in [4.78, 5) is 2.41. The van der Waals surface area contributed by atoms with Crippen molar-refractivity contribution >= 4 is 38.9 Å². The molecule has 2 heterocycles. The minimum absolute atomic E-state index is 0.539. The molecule has 1 atom stereocenters. The molecule has 294 valence electrons. The second-order valence-corrected chi connectivity index (χ2v) is 16.8. The van der Waals surface area contributed by atoms with Crippen LogP contribution in [0.3, 0.4) is 0 Å². The molecule has 0 saturated heterocycles. The number of para-hydroxylation sites is 4. The fourth-order valence-corrected chi connectivity index (χ4v) is 11.0. The molecule has 0 amide bonds. The summed E-state index contributed by atoms with van der Waals surface area (Å²) in [6.45, 7) is 0. The first-order valence-electron chi connectivity index (χ1n) is 21.9. The summed E-state index contributed by atoms with van der Waals surface area (Å²) in [5, 5.41) is 2.57. The lowest BCUT2D eigenvalue weighted by atomic mass is 9.64. The van der Waals surface area contributed by atoms with Crippen LogP contribution in [0.5, 0.6) is 0 Å². The van der Waals surface area contributed by atoms with Crippen molar-refractivity contribution in [3.63, 3.8) is 0 Å². The Bertz CT molecular complexity index is 3550. The Morgan fingerprint density at radius 3 is 1.60 bits per heavy atom. The maximum atomic E-state index is 2.52. The average Bonchev–Trinajstić information content (AvgIpc) is 3.86. The molecule has 2 heteroatoms. The number of hydrogen-bond donors (Lipinski definition) is 0. The van der Waals surface area contributed by atoms with Crippen LogP contribution in [0, 0.1) is 0 Å². The Morgan fingerprint density at radius 2 is 0.825 bits per heavy atom. The molecule has 0 saturated carbocycles. The van der Waals surface area contributed by atoms with E-state index < -0.39 is 5.41 Å². The first kappa shape index (κ1) is 35.5. The molecule has 0 fully saturated rings. The molecule has 1 aliphatic carbocycles. The van der Waals surface area contributed by atoms with Gasteiger partial charge in [-0.05, 0) is 104 Å². The first-order chi connectivity index (χ1) is 31.3. The van der Waals surface area contributed by atoms with Gasteiger partial charge in [0.15, 0.2) is 0 Å². The molecule has 0 radical (unpaired) electrons. The summed E-state index contributed by atoms with van der Waals surface area (Å²) in [7, 11) is 0. The smallest absolute Gasteiger partial charge is 0.0760 e. The maximum absolute atomic E-state index is 2.52. The minimum Gasteiger partial charge on any atom is -0.310 e. The van der Waals surface area contributed by atoms with Crippen molar-refractivity contribution in [1.29, 1.82) is 0 Å². The van der Waals surface area contributed by atoms with E-state index in [2.05, 4.69) is 252 Å². The van der Waals surface area contributed by atoms with Crippen LogP contribution in [0.2, 0.25) is 0 Å². The van der Waals surface area contributed by atoms with Gasteiger partial charge in [-0.2, -0.15) is 0 Å². The molecule has 2 nitrogen and oxygen atoms in total. The Balaban J connectivity index is 1.02. The van der Waals surface area contributed by atoms with Crippen molar-refractivity contribution in [2.75, 3.05) is 4.90 Å². The zero-order valence-corrected chi connectivity index (χ0v) is 34.5. The molecule has 63 heavy (non-hydrogen) atoms. The van der Waals surface area contributed by atoms with E-state index in [4.69, 9.17) is 0 Å². The van der Waals surface area contributed by atoms with Crippen LogP contribution in [0.1, 0.15) is 22.3 Å². The van der Waals surface area contributed by atoms with E-state index in [1.165, 1.54) is 94.3 Å². The molecule has 1 spiro atoms. The van der Waals surface area contributed by atoms with Crippen molar-refractivity contribution < 1.29 is 0 Å². The van der Waals surface area contributed by atoms with Crippen molar-refractivity contribution in [3.05, 3.63) is 265 Å². The summed E-state index contributed by atoms with van der Waals surface area (Å²) >= 11 is 0. The number of anilines is 3. The highest BCUT2D eigenvalue weighted by molar-refractivity contribution is 6.13. The highest BCUT2D eigenvalue weighted by Crippen LogP contribution is 2.63. The third-order valence-corrected chi connectivity index (χ3v) is 13.6. The van der Waals surface area contributed by atoms with Gasteiger partial charge < -0.3 is 9.47 Å². The third kappa shape index (κ3) is 5.13. The predicted molar refractivity (Wildman–Crippen MR) is 263 cm³/mol. The lowest BCUT2D eigenvalue weighted by Crippen LogP contribution is -2.34. The highest BCUT2D eigenvalue weighted by atomic mass is 15.1. The van der Waals surface area contributed by atoms with E-state index >= 15 is 0 Å². The molecule has 10 aromatic carbocycles. The van der Waals surface area contributed by atoms with Crippen molar-refractivity contribution in [2.45, 2.75) is 5.41 Å². The van der Waals surface area contributed by atoms with Crippen LogP contribution in [-0.4, -0.2) is 4.57 Å². The van der Waals surface area contributed by atoms with Gasteiger partial charge in [0.2, 0.25) is 0 Å². The monoisotopic (exact) mass is 800 g/mol. The molecule has 2 aliphatic rings. The van der Waals surface area contributed by atoms with Crippen LogP contribution in [-0.2, 0) is 5.41 Å². The Kier molecular flexibility index (Phi) is 7.85. The third-order valence-electron chi connectivity index (χ3n) is 13.6. The molecule has 13 rings (SSSR count). The second kappa shape index (κ2) is 13.9. The molecule has 0 N–H and O–H groups in total. The molecule has 1 unspecified atom stereocenters. The van der Waals surface area contributed by atoms with Crippen molar-refractivity contribution in [3.8, 4) is 50.2 Å². The number of hydrogen-bond acceptors (Lipinski definition) is 1. The first-order valence-corrected chi connectivity index (χ1v) is 21.9. The average molecular weight is 801 g/mol. The number of benzene rings is 10. The fourth-order valence-electron chi connectivity index (χ4n) is 11.0. The zero-order chi connectivity index (χ0) is 41.5. The number of rotatable bonds is 6. The second-order valence-electron chi connectivity index (χ2n) is 16.8. The van der Waals surface area contributed by atoms with Gasteiger partial charge in [0.05, 0.1) is 27.8 Å². The quantitative estimate of drug-likeness (QED) is 0.163. The standard InChI is InChI=1S/C61H40N2/c1-3-17-41(18-4-1)42-33-37-45(38-34-42)62(56-30-12-8-21-47(56)43-19-5-2-6-20-43)46-39-35-44(36-40-46)48-24-15-25-51-49-22-7-10-27-53(49)61(59(48)51)54-28-11-14-32-58(54)63-57-31-13-9-23-50(57)52-26-16-29-55(61)60(52)63/h1-40H. The van der Waals surface area contributed by atoms with Gasteiger partial charge in [0.1, 0.15) is 0 Å². The maximum Gasteiger partial charge on any atom is 0.0760 e. The van der Waals surface area contributed by atoms with Gasteiger partial charge in [0, 0.05) is 27.7 Å². The predicted octanol–water partition coefficient (Wildman–Crippen LogP) is 15.9. The summed E-state index contributed by atoms with van der Waals surface area (Å²) in [5.41, 5.74) is 21.7. The lowest BCUT2D eigenvalue weighted by Gasteiger charge is -2.40. The molecule has 1 aromatic heterocycles. The Morgan fingerprint density at radius 1 is 0.317 bits per heavy atom. The SMILES string of the molecule is c1ccc(-c2ccc(N(c3ccc(-c4cccc5c4C4(c6ccccc6-5)c5ccccc5-n5c6ccccc6c6cccc4c65)cc3)c3ccccc3-c3ccccc3)cc2)cc1. The topological polar surface area (TPSA) is 8.17 Å². The highest BCUT2D eigenvalue weighted by Gasteiger charge is 2.51. The van der Waals surface area contributed by atoms with Gasteiger partial charge in [-0.25, -0.2) is 0 Å². The number of nitrogens with zero attached hydrogens (tertiary/aromatic N) is 2. The number of fused-ring (bicyclic) bond motifs is 12. The van der Waals surface area contributed by atoms with Crippen LogP contribution in [0.4, 0.5) is 17.1 Å². The zero-order valence-electron chi connectivity index (χ0n) is 34.5. The van der Waals surface area contributed by atoms with Gasteiger partial charge in [-0.3, -0.25) is 0 Å². The van der Waals surface area contributed by atoms with Gasteiger partial charge >= 0.3 is 0 Å². The van der Waals surface area contributed by atoms with E-state index in [1.54, 1.807) is 0 Å². The fraction of sp³-hybridized carbons (Fsp3) is 0.0164. The van der Waals surface area contributed by atoms with Gasteiger partial charge in [0.25, 0.3) is 0 Å². The minimum atomic E-state index is -0.539. The molecule has 11 aromatic rings. The number of aromatic nitrogens is 1. The van der Waals surface area contributed by atoms with Crippen molar-refractivity contribution in [2.24, 2.45) is 0 Å². The van der Waals surface area contributed by atoms with Gasteiger partial charge in [-0.15, -0.1) is 0 Å². The largest absolute Gasteiger partial charge is 0.310 e. The molecule has 0 bridgehead atoms. The Hall–Kier alpha value is -8.20. The molecular weight excluding hydrogens is 761 g/mol. The molecule has 1 aliphatic heterocycles. The summed E-state index contributed by atoms with van der Waals surface area (Å²) in [5.74, 6) is 0.